The second-order valence-electron chi connectivity index (χ2n) is 19.8. The Bertz CT molecular complexity index is 4180. The quantitative estimate of drug-likeness (QED) is 0.0138. The molecule has 4 aromatic heterocycles. The number of aromatic amines is 2. The van der Waals surface area contributed by atoms with E-state index >= 15 is 13.2 Å². The molecular formula is C55H57F4IN14O12S4. The van der Waals surface area contributed by atoms with Crippen LogP contribution >= 0.6 is 46.1 Å². The number of anilines is 6. The molecule has 0 saturated carbocycles. The summed E-state index contributed by atoms with van der Waals surface area (Å²) in [6.45, 7) is 10.1. The first-order chi connectivity index (χ1) is 42.9. The van der Waals surface area contributed by atoms with Gasteiger partial charge >= 0.3 is 11.4 Å². The van der Waals surface area contributed by atoms with Gasteiger partial charge in [0, 0.05) is 73.0 Å². The number of rotatable bonds is 20. The summed E-state index contributed by atoms with van der Waals surface area (Å²) in [4.78, 5) is 43.8. The number of hydrogen-bond donors (Lipinski definition) is 4. The van der Waals surface area contributed by atoms with Crippen LogP contribution in [0, 0.1) is 57.3 Å². The lowest BCUT2D eigenvalue weighted by Crippen LogP contribution is -2.37. The Balaban J connectivity index is 0.000000226. The summed E-state index contributed by atoms with van der Waals surface area (Å²) in [5.74, 6) is -2.08. The number of methoxy groups -OCH3 is 2. The van der Waals surface area contributed by atoms with E-state index in [-0.39, 0.29) is 31.7 Å². The SMILES string of the molecule is CI.COc1c(Nc2cc(C)[nH]n2)nc(Sc2ccc(S(=O)(=O)C(C)(C)c3cccc([N+](=O)[O-])c3F)cc2F)nc1N1CCOCC1.COc1c(Nc2cc(C)[nH]n2)nc(Sc2ccc(S(=O)(=O)Cc3cccc([N+](=O)[O-])c3F)cc2F)nc1N1CCOCC1. The average molecular weight is 1440 g/mol. The van der Waals surface area contributed by atoms with E-state index in [4.69, 9.17) is 18.9 Å². The third-order valence-electron chi connectivity index (χ3n) is 13.6. The number of nitro benzene ring substituents is 2. The van der Waals surface area contributed by atoms with Crippen molar-refractivity contribution >= 4 is 112 Å². The highest BCUT2D eigenvalue weighted by atomic mass is 127. The molecule has 4 aromatic carbocycles. The van der Waals surface area contributed by atoms with Gasteiger partial charge in [-0.2, -0.15) is 19.0 Å². The molecule has 26 nitrogen and oxygen atoms in total. The summed E-state index contributed by atoms with van der Waals surface area (Å²) in [5, 5.41) is 42.8. The lowest BCUT2D eigenvalue weighted by atomic mass is 10.0. The maximum atomic E-state index is 15.6. The number of aryl methyl sites for hydroxylation is 2. The van der Waals surface area contributed by atoms with E-state index in [1.165, 1.54) is 64.5 Å². The Morgan fingerprint density at radius 1 is 0.644 bits per heavy atom. The second kappa shape index (κ2) is 29.3. The summed E-state index contributed by atoms with van der Waals surface area (Å²) >= 11 is 3.88. The highest BCUT2D eigenvalue weighted by Gasteiger charge is 2.42. The van der Waals surface area contributed by atoms with E-state index in [1.807, 2.05) is 28.6 Å². The molecular weight excluding hydrogens is 1380 g/mol. The molecule has 8 aromatic rings. The number of benzene rings is 4. The maximum absolute atomic E-state index is 15.6. The summed E-state index contributed by atoms with van der Waals surface area (Å²) in [6.07, 6.45) is 0. The van der Waals surface area contributed by atoms with Crippen LogP contribution in [0.3, 0.4) is 0 Å². The number of nitrogens with zero attached hydrogens (tertiary/aromatic N) is 10. The Hall–Kier alpha value is -7.97. The summed E-state index contributed by atoms with van der Waals surface area (Å²) in [6, 6.07) is 16.6. The number of morpholine rings is 2. The van der Waals surface area contributed by atoms with Gasteiger partial charge in [-0.15, -0.1) is 0 Å². The first-order valence-electron chi connectivity index (χ1n) is 26.7. The summed E-state index contributed by atoms with van der Waals surface area (Å²) < 4.78 is 134. The van der Waals surface area contributed by atoms with Crippen LogP contribution < -0.4 is 29.9 Å². The van der Waals surface area contributed by atoms with Crippen LogP contribution in [-0.2, 0) is 39.6 Å². The van der Waals surface area contributed by atoms with Crippen molar-refractivity contribution in [2.24, 2.45) is 0 Å². The molecule has 0 radical (unpaired) electrons. The van der Waals surface area contributed by atoms with Crippen molar-refractivity contribution in [2.45, 2.75) is 68.1 Å². The van der Waals surface area contributed by atoms with Gasteiger partial charge in [-0.1, -0.05) is 46.9 Å². The van der Waals surface area contributed by atoms with Crippen molar-refractivity contribution in [3.8, 4) is 11.5 Å². The number of alkyl halides is 1. The molecule has 10 rings (SSSR count). The van der Waals surface area contributed by atoms with Crippen LogP contribution in [0.1, 0.15) is 36.4 Å². The normalized spacial score (nSPS) is 13.6. The number of nitro groups is 2. The zero-order valence-corrected chi connectivity index (χ0v) is 54.3. The number of nitrogens with one attached hydrogen (secondary N) is 4. The predicted octanol–water partition coefficient (Wildman–Crippen LogP) is 10.6. The van der Waals surface area contributed by atoms with Crippen LogP contribution in [-0.4, -0.2) is 139 Å². The van der Waals surface area contributed by atoms with Crippen LogP contribution in [0.4, 0.5) is 63.8 Å². The molecule has 2 aliphatic rings. The molecule has 4 N–H and O–H groups in total. The van der Waals surface area contributed by atoms with Crippen molar-refractivity contribution in [3.63, 3.8) is 0 Å². The number of hydrogen-bond acceptors (Lipinski definition) is 24. The smallest absolute Gasteiger partial charge is 0.305 e. The minimum absolute atomic E-state index is 0.0212. The molecule has 0 atom stereocenters. The van der Waals surface area contributed by atoms with Gasteiger partial charge < -0.3 is 39.4 Å². The Morgan fingerprint density at radius 3 is 1.50 bits per heavy atom. The fraction of sp³-hybridized carbons (Fsp3) is 0.309. The van der Waals surface area contributed by atoms with Gasteiger partial charge in [0.1, 0.15) is 11.6 Å². The standard InChI is InChI=1S/C28H29F2N7O6S2.C26H25F2N7O6S2.CH3I/c1-16-14-22(35-34-16)31-25-24(42-4)26(36-10-12-43-13-11-36)33-27(32-25)44-21-9-8-17(15-19(21)29)45(40,41)28(2,3)18-6-5-7-20(23(18)30)37(38)39;1-15-12-21(33-32-15)29-24-23(40-2)25(34-8-10-41-11-9-34)31-26(30-24)42-20-7-6-17(13-18(20)27)43(38,39)14-16-4-3-5-19(22(16)28)35(36)37;1-2/h5-9,14-15H,10-13H2,1-4H3,(H2,31,32,33,34,35);3-7,12-13H,8-11,14H2,1-2H3,(H2,29,30,31,32,33);1H3. The van der Waals surface area contributed by atoms with Gasteiger partial charge in [-0.25, -0.2) is 45.6 Å². The molecule has 0 spiro atoms. The van der Waals surface area contributed by atoms with E-state index in [0.29, 0.717) is 87.4 Å². The van der Waals surface area contributed by atoms with Crippen molar-refractivity contribution < 1.29 is 63.2 Å². The van der Waals surface area contributed by atoms with Crippen molar-refractivity contribution in [1.82, 2.24) is 40.3 Å². The first-order valence-corrected chi connectivity index (χ1v) is 33.6. The van der Waals surface area contributed by atoms with Gasteiger partial charge in [-0.05, 0) is 92.5 Å². The van der Waals surface area contributed by atoms with Gasteiger partial charge in [0.15, 0.2) is 64.9 Å². The van der Waals surface area contributed by atoms with Crippen molar-refractivity contribution in [3.05, 3.63) is 151 Å². The molecule has 0 bridgehead atoms. The topological polar surface area (TPSA) is 331 Å². The lowest BCUT2D eigenvalue weighted by Gasteiger charge is -2.29. The molecule has 0 aliphatic carbocycles. The number of aromatic nitrogens is 8. The Labute approximate surface area is 535 Å². The molecule has 2 fully saturated rings. The Kier molecular flexibility index (Phi) is 22.1. The van der Waals surface area contributed by atoms with E-state index < -0.39 is 95.6 Å². The molecule has 90 heavy (non-hydrogen) atoms. The predicted molar refractivity (Wildman–Crippen MR) is 335 cm³/mol. The van der Waals surface area contributed by atoms with Crippen LogP contribution in [0.25, 0.3) is 0 Å². The number of ether oxygens (including phenoxy) is 4. The first kappa shape index (κ1) is 68.0. The molecule has 478 valence electrons. The summed E-state index contributed by atoms with van der Waals surface area (Å²) in [5.41, 5.74) is -0.905. The zero-order valence-electron chi connectivity index (χ0n) is 48.8. The third-order valence-corrected chi connectivity index (χ3v) is 19.5. The fourth-order valence-corrected chi connectivity index (χ4v) is 13.4. The third kappa shape index (κ3) is 15.4. The van der Waals surface area contributed by atoms with E-state index in [0.717, 1.165) is 71.3 Å². The van der Waals surface area contributed by atoms with Gasteiger partial charge in [0.2, 0.25) is 23.1 Å². The minimum atomic E-state index is -4.44. The van der Waals surface area contributed by atoms with Crippen molar-refractivity contribution in [2.75, 3.05) is 92.2 Å². The lowest BCUT2D eigenvalue weighted by molar-refractivity contribution is -0.387. The average Bonchev–Trinajstić information content (AvgIpc) is 1.86. The Morgan fingerprint density at radius 2 is 1.08 bits per heavy atom. The number of H-pyrrole nitrogens is 2. The van der Waals surface area contributed by atoms with E-state index in [1.54, 1.807) is 12.1 Å². The van der Waals surface area contributed by atoms with Gasteiger partial charge in [0.05, 0.1) is 80.6 Å². The summed E-state index contributed by atoms with van der Waals surface area (Å²) in [7, 11) is -5.73. The largest absolute Gasteiger partial charge is 0.490 e. The molecule has 6 heterocycles. The van der Waals surface area contributed by atoms with Crippen LogP contribution in [0.5, 0.6) is 11.5 Å². The van der Waals surface area contributed by atoms with Gasteiger partial charge in [-0.3, -0.25) is 30.4 Å². The monoisotopic (exact) mass is 1440 g/mol. The van der Waals surface area contributed by atoms with Crippen LogP contribution in [0.2, 0.25) is 0 Å². The van der Waals surface area contributed by atoms with E-state index in [2.05, 4.69) is 73.6 Å². The van der Waals surface area contributed by atoms with Crippen LogP contribution in [0.15, 0.2) is 115 Å². The highest BCUT2D eigenvalue weighted by molar-refractivity contribution is 14.1. The highest BCUT2D eigenvalue weighted by Crippen LogP contribution is 2.43. The fourth-order valence-electron chi connectivity index (χ4n) is 9.02. The zero-order chi connectivity index (χ0) is 65.2. The molecule has 2 aliphatic heterocycles. The molecule has 2 saturated heterocycles. The molecule has 35 heteroatoms. The molecule has 0 unspecified atom stereocenters. The number of halogens is 5. The molecule has 0 amide bonds. The number of sulfone groups is 2. The minimum Gasteiger partial charge on any atom is -0.490 e. The van der Waals surface area contributed by atoms with Gasteiger partial charge in [0.25, 0.3) is 0 Å². The van der Waals surface area contributed by atoms with E-state index in [9.17, 15) is 41.5 Å². The second-order valence-corrected chi connectivity index (χ2v) is 26.3. The van der Waals surface area contributed by atoms with Crippen molar-refractivity contribution in [1.29, 1.82) is 0 Å². The maximum Gasteiger partial charge on any atom is 0.305 e.